The van der Waals surface area contributed by atoms with Gasteiger partial charge in [-0.15, -0.1) is 0 Å². The number of hydrogen-bond donors (Lipinski definition) is 9. The maximum absolute atomic E-state index is 13.6. The molecule has 0 aliphatic carbocycles. The Morgan fingerprint density at radius 1 is 0.750 bits per heavy atom. The van der Waals surface area contributed by atoms with E-state index in [1.54, 1.807) is 24.3 Å². The first kappa shape index (κ1) is 33.6. The van der Waals surface area contributed by atoms with Crippen LogP contribution in [0.2, 0.25) is 0 Å². The third-order valence-corrected chi connectivity index (χ3v) is 6.92. The van der Waals surface area contributed by atoms with Crippen LogP contribution in [0.5, 0.6) is 11.5 Å². The van der Waals surface area contributed by atoms with Gasteiger partial charge < -0.3 is 47.7 Å². The highest BCUT2D eigenvalue weighted by Gasteiger charge is 2.31. The van der Waals surface area contributed by atoms with Crippen molar-refractivity contribution in [1.29, 1.82) is 0 Å². The van der Waals surface area contributed by atoms with Crippen molar-refractivity contribution in [3.05, 3.63) is 77.9 Å². The maximum Gasteiger partial charge on any atom is 0.326 e. The van der Waals surface area contributed by atoms with Gasteiger partial charge in [0.1, 0.15) is 29.6 Å². The minimum Gasteiger partial charge on any atom is -0.508 e. The number of hydrogen-bond acceptors (Lipinski definition) is 9. The standard InChI is InChI=1S/C30H39N7O7/c31-12-2-1-3-23(32)27(40)35-24(13-18-4-8-21(38)9-5-18)28(41)36-25(15-20-16-33-17-34-20)29(42)37-26(30(43)44)14-19-6-10-22(39)11-7-19/h4-11,16-17,23-26,38-39H,1-3,12-15,31-32H2,(H,33,34)(H,35,40)(H,36,41)(H,37,42)(H,43,44)/t23-,24-,25-,26-/m0/s1. The van der Waals surface area contributed by atoms with E-state index in [0.29, 0.717) is 42.6 Å². The quantitative estimate of drug-likeness (QED) is 0.0915. The van der Waals surface area contributed by atoms with E-state index in [4.69, 9.17) is 11.5 Å². The molecule has 0 saturated heterocycles. The summed E-state index contributed by atoms with van der Waals surface area (Å²) in [5.74, 6) is -3.29. The summed E-state index contributed by atoms with van der Waals surface area (Å²) in [5, 5.41) is 36.8. The molecular weight excluding hydrogens is 570 g/mol. The third-order valence-electron chi connectivity index (χ3n) is 6.92. The van der Waals surface area contributed by atoms with Crippen molar-refractivity contribution in [2.45, 2.75) is 62.7 Å². The minimum absolute atomic E-state index is 0.0115. The van der Waals surface area contributed by atoms with Crippen molar-refractivity contribution in [2.75, 3.05) is 6.54 Å². The summed E-state index contributed by atoms with van der Waals surface area (Å²) in [6, 6.07) is 7.34. The summed E-state index contributed by atoms with van der Waals surface area (Å²) in [6.45, 7) is 0.456. The molecule has 0 radical (unpaired) electrons. The Balaban J connectivity index is 1.80. The van der Waals surface area contributed by atoms with Gasteiger partial charge in [0.15, 0.2) is 0 Å². The molecule has 11 N–H and O–H groups in total. The summed E-state index contributed by atoms with van der Waals surface area (Å²) < 4.78 is 0. The highest BCUT2D eigenvalue weighted by Crippen LogP contribution is 2.14. The molecule has 0 fully saturated rings. The normalized spacial score (nSPS) is 13.7. The van der Waals surface area contributed by atoms with Gasteiger partial charge in [-0.1, -0.05) is 30.7 Å². The van der Waals surface area contributed by atoms with E-state index >= 15 is 0 Å². The molecule has 0 aliphatic rings. The molecule has 14 nitrogen and oxygen atoms in total. The molecule has 0 spiro atoms. The zero-order valence-electron chi connectivity index (χ0n) is 24.1. The fourth-order valence-corrected chi connectivity index (χ4v) is 4.43. The van der Waals surface area contributed by atoms with Crippen molar-refractivity contribution in [1.82, 2.24) is 25.9 Å². The number of unbranched alkanes of at least 4 members (excludes halogenated alkanes) is 1. The number of aliphatic carboxylic acids is 1. The summed E-state index contributed by atoms with van der Waals surface area (Å²) in [4.78, 5) is 58.9. The van der Waals surface area contributed by atoms with Crippen molar-refractivity contribution in [3.63, 3.8) is 0 Å². The molecule has 2 aromatic carbocycles. The Kier molecular flexibility index (Phi) is 12.7. The third kappa shape index (κ3) is 10.7. The number of carbonyl (C=O) groups excluding carboxylic acids is 3. The van der Waals surface area contributed by atoms with Crippen LogP contribution in [0, 0.1) is 0 Å². The second-order valence-corrected chi connectivity index (χ2v) is 10.4. The largest absolute Gasteiger partial charge is 0.508 e. The number of carboxylic acids is 1. The van der Waals surface area contributed by atoms with E-state index in [-0.39, 0.29) is 30.8 Å². The number of amides is 3. The molecule has 3 amide bonds. The Morgan fingerprint density at radius 2 is 1.25 bits per heavy atom. The summed E-state index contributed by atoms with van der Waals surface area (Å²) in [6.07, 6.45) is 4.43. The fraction of sp³-hybridized carbons (Fsp3) is 0.367. The van der Waals surface area contributed by atoms with E-state index in [1.165, 1.54) is 36.8 Å². The van der Waals surface area contributed by atoms with Crippen molar-refractivity contribution in [2.24, 2.45) is 11.5 Å². The highest BCUT2D eigenvalue weighted by molar-refractivity contribution is 5.94. The van der Waals surface area contributed by atoms with Gasteiger partial charge in [-0.25, -0.2) is 9.78 Å². The molecule has 0 bridgehead atoms. The Morgan fingerprint density at radius 3 is 1.75 bits per heavy atom. The lowest BCUT2D eigenvalue weighted by Gasteiger charge is -2.25. The van der Waals surface area contributed by atoms with Gasteiger partial charge in [0.05, 0.1) is 12.4 Å². The van der Waals surface area contributed by atoms with Crippen LogP contribution in [0.1, 0.15) is 36.1 Å². The molecule has 236 valence electrons. The van der Waals surface area contributed by atoms with Crippen LogP contribution in [0.15, 0.2) is 61.1 Å². The number of carbonyl (C=O) groups is 4. The smallest absolute Gasteiger partial charge is 0.326 e. The number of nitrogens with two attached hydrogens (primary N) is 2. The van der Waals surface area contributed by atoms with Crippen molar-refractivity contribution >= 4 is 23.7 Å². The van der Waals surface area contributed by atoms with E-state index in [2.05, 4.69) is 25.9 Å². The monoisotopic (exact) mass is 609 g/mol. The molecule has 1 heterocycles. The Labute approximate surface area is 254 Å². The van der Waals surface area contributed by atoms with Gasteiger partial charge in [0.2, 0.25) is 17.7 Å². The number of nitrogens with zero attached hydrogens (tertiary/aromatic N) is 1. The van der Waals surface area contributed by atoms with Gasteiger partial charge in [0, 0.05) is 31.2 Å². The molecule has 44 heavy (non-hydrogen) atoms. The van der Waals surface area contributed by atoms with E-state index < -0.39 is 47.9 Å². The topological polar surface area (TPSA) is 246 Å². The van der Waals surface area contributed by atoms with Gasteiger partial charge in [-0.2, -0.15) is 0 Å². The Hall–Kier alpha value is -4.95. The first-order valence-electron chi connectivity index (χ1n) is 14.2. The van der Waals surface area contributed by atoms with E-state index in [1.807, 2.05) is 0 Å². The number of nitrogens with one attached hydrogen (secondary N) is 4. The maximum atomic E-state index is 13.6. The Bertz CT molecular complexity index is 1370. The average molecular weight is 610 g/mol. The molecule has 3 rings (SSSR count). The van der Waals surface area contributed by atoms with Crippen LogP contribution in [0.4, 0.5) is 0 Å². The molecule has 3 aromatic rings. The first-order valence-corrected chi connectivity index (χ1v) is 14.2. The fourth-order valence-electron chi connectivity index (χ4n) is 4.43. The highest BCUT2D eigenvalue weighted by atomic mass is 16.4. The lowest BCUT2D eigenvalue weighted by Crippen LogP contribution is -2.58. The zero-order valence-corrected chi connectivity index (χ0v) is 24.1. The molecular formula is C30H39N7O7. The number of phenols is 2. The number of imidazole rings is 1. The molecule has 0 aliphatic heterocycles. The summed E-state index contributed by atoms with van der Waals surface area (Å²) in [5.41, 5.74) is 13.3. The number of aromatic nitrogens is 2. The molecule has 1 aromatic heterocycles. The summed E-state index contributed by atoms with van der Waals surface area (Å²) >= 11 is 0. The number of rotatable bonds is 17. The zero-order chi connectivity index (χ0) is 32.1. The molecule has 0 unspecified atom stereocenters. The van der Waals surface area contributed by atoms with E-state index in [0.717, 1.165) is 0 Å². The lowest BCUT2D eigenvalue weighted by molar-refractivity contribution is -0.142. The van der Waals surface area contributed by atoms with Crippen molar-refractivity contribution < 1.29 is 34.5 Å². The van der Waals surface area contributed by atoms with Crippen LogP contribution >= 0.6 is 0 Å². The van der Waals surface area contributed by atoms with Crippen LogP contribution in [0.3, 0.4) is 0 Å². The molecule has 0 saturated carbocycles. The second-order valence-electron chi connectivity index (χ2n) is 10.4. The van der Waals surface area contributed by atoms with Crippen LogP contribution in [0.25, 0.3) is 0 Å². The van der Waals surface area contributed by atoms with Crippen LogP contribution in [-0.4, -0.2) is 79.7 Å². The molecule has 4 atom stereocenters. The van der Waals surface area contributed by atoms with Gasteiger partial charge in [-0.05, 0) is 54.8 Å². The minimum atomic E-state index is -1.34. The number of carboxylic acid groups (broad SMARTS) is 1. The molecule has 14 heteroatoms. The number of benzene rings is 2. The first-order chi connectivity index (χ1) is 21.0. The summed E-state index contributed by atoms with van der Waals surface area (Å²) in [7, 11) is 0. The van der Waals surface area contributed by atoms with Crippen LogP contribution in [-0.2, 0) is 38.4 Å². The number of aromatic hydroxyl groups is 2. The average Bonchev–Trinajstić information content (AvgIpc) is 3.51. The van der Waals surface area contributed by atoms with Gasteiger partial charge >= 0.3 is 5.97 Å². The lowest BCUT2D eigenvalue weighted by atomic mass is 10.0. The number of H-pyrrole nitrogens is 1. The second kappa shape index (κ2) is 16.6. The van der Waals surface area contributed by atoms with Crippen LogP contribution < -0.4 is 27.4 Å². The predicted molar refractivity (Wildman–Crippen MR) is 160 cm³/mol. The SMILES string of the molecule is NCCCC[C@H](N)C(=O)N[C@@H](Cc1ccc(O)cc1)C(=O)N[C@@H](Cc1cnc[nH]1)C(=O)N[C@@H](Cc1ccc(O)cc1)C(=O)O. The van der Waals surface area contributed by atoms with Crippen molar-refractivity contribution in [3.8, 4) is 11.5 Å². The number of phenolic OH excluding ortho intramolecular Hbond substituents is 2. The number of aromatic amines is 1. The van der Waals surface area contributed by atoms with Gasteiger partial charge in [-0.3, -0.25) is 14.4 Å². The van der Waals surface area contributed by atoms with Gasteiger partial charge in [0.25, 0.3) is 0 Å². The predicted octanol–water partition coefficient (Wildman–Crippen LogP) is -0.156. The van der Waals surface area contributed by atoms with E-state index in [9.17, 15) is 34.5 Å².